The van der Waals surface area contributed by atoms with Crippen molar-refractivity contribution in [2.24, 2.45) is 0 Å². The Morgan fingerprint density at radius 3 is 2.52 bits per heavy atom. The fourth-order valence-corrected chi connectivity index (χ4v) is 4.63. The molecule has 4 aromatic heterocycles. The molecule has 0 unspecified atom stereocenters. The van der Waals surface area contributed by atoms with E-state index in [1.807, 2.05) is 37.4 Å². The number of hydrogen-bond acceptors (Lipinski definition) is 6. The molecule has 33 heavy (non-hydrogen) atoms. The Labute approximate surface area is 192 Å². The number of thiazole rings is 1. The van der Waals surface area contributed by atoms with E-state index in [0.717, 1.165) is 38.2 Å². The molecule has 1 amide bonds. The average Bonchev–Trinajstić information content (AvgIpc) is 3.46. The number of aromatic nitrogens is 6. The average molecular weight is 462 g/mol. The van der Waals surface area contributed by atoms with Crippen LogP contribution in [0.25, 0.3) is 22.0 Å². The summed E-state index contributed by atoms with van der Waals surface area (Å²) >= 11 is 1.50. The number of rotatable bonds is 5. The van der Waals surface area contributed by atoms with Crippen LogP contribution >= 0.6 is 11.3 Å². The summed E-state index contributed by atoms with van der Waals surface area (Å²) in [6.07, 6.45) is 1.92. The molecule has 1 aromatic carbocycles. The first-order valence-electron chi connectivity index (χ1n) is 10.3. The maximum Gasteiger partial charge on any atom is 0.272 e. The molecule has 0 radical (unpaired) electrons. The van der Waals surface area contributed by atoms with Crippen LogP contribution in [0.4, 0.5) is 4.39 Å². The minimum atomic E-state index is -0.306. The van der Waals surface area contributed by atoms with Crippen molar-refractivity contribution < 1.29 is 9.18 Å². The van der Waals surface area contributed by atoms with Gasteiger partial charge in [-0.1, -0.05) is 11.3 Å². The summed E-state index contributed by atoms with van der Waals surface area (Å²) in [5.41, 5.74) is 4.68. The highest BCUT2D eigenvalue weighted by Gasteiger charge is 2.15. The summed E-state index contributed by atoms with van der Waals surface area (Å²) in [6.45, 7) is 6.17. The molecule has 0 aliphatic carbocycles. The van der Waals surface area contributed by atoms with Crippen molar-refractivity contribution in [3.63, 3.8) is 0 Å². The van der Waals surface area contributed by atoms with Gasteiger partial charge in [0.15, 0.2) is 16.5 Å². The smallest absolute Gasteiger partial charge is 0.272 e. The molecule has 1 N–H and O–H groups in total. The van der Waals surface area contributed by atoms with Crippen LogP contribution in [0.2, 0.25) is 0 Å². The van der Waals surface area contributed by atoms with Crippen LogP contribution in [0.3, 0.4) is 0 Å². The molecule has 0 atom stereocenters. The van der Waals surface area contributed by atoms with Crippen molar-refractivity contribution in [1.82, 2.24) is 34.7 Å². The zero-order valence-electron chi connectivity index (χ0n) is 18.2. The third-order valence-electron chi connectivity index (χ3n) is 5.31. The van der Waals surface area contributed by atoms with Gasteiger partial charge in [0.05, 0.1) is 17.9 Å². The number of nitrogens with zero attached hydrogens (tertiary/aromatic N) is 6. The third-order valence-corrected chi connectivity index (χ3v) is 6.47. The van der Waals surface area contributed by atoms with Crippen molar-refractivity contribution in [3.8, 4) is 17.1 Å². The van der Waals surface area contributed by atoms with E-state index in [9.17, 15) is 9.18 Å². The standard InChI is InChI=1S/C23H20FN7OS/c1-13-10-14(2)31(29-13)21-9-8-18(27-28-21)22(32)25-11-20-15(3)30-12-19(26-23(30)33-20)16-4-6-17(24)7-5-16/h4-10,12H,11H2,1-3H3,(H,25,32). The molecule has 8 nitrogen and oxygen atoms in total. The molecule has 0 saturated carbocycles. The van der Waals surface area contributed by atoms with Crippen LogP contribution in [-0.4, -0.2) is 35.3 Å². The number of imidazole rings is 1. The molecule has 5 rings (SSSR count). The Bertz CT molecular complexity index is 1470. The van der Waals surface area contributed by atoms with Gasteiger partial charge in [0.1, 0.15) is 5.82 Å². The topological polar surface area (TPSA) is 90.0 Å². The van der Waals surface area contributed by atoms with E-state index in [1.54, 1.807) is 28.9 Å². The number of nitrogens with one attached hydrogen (secondary N) is 1. The first-order chi connectivity index (χ1) is 15.9. The van der Waals surface area contributed by atoms with Crippen molar-refractivity contribution in [1.29, 1.82) is 0 Å². The van der Waals surface area contributed by atoms with Crippen molar-refractivity contribution in [3.05, 3.63) is 82.1 Å². The number of carbonyl (C=O) groups is 1. The second-order valence-corrected chi connectivity index (χ2v) is 8.76. The molecule has 0 fully saturated rings. The lowest BCUT2D eigenvalue weighted by Gasteiger charge is -2.05. The quantitative estimate of drug-likeness (QED) is 0.427. The Kier molecular flexibility index (Phi) is 5.21. The normalized spacial score (nSPS) is 11.3. The van der Waals surface area contributed by atoms with Crippen LogP contribution in [0.15, 0.2) is 48.7 Å². The molecule has 0 bridgehead atoms. The van der Waals surface area contributed by atoms with Gasteiger partial charge in [-0.05, 0) is 63.2 Å². The highest BCUT2D eigenvalue weighted by molar-refractivity contribution is 7.17. The molecule has 166 valence electrons. The summed E-state index contributed by atoms with van der Waals surface area (Å²) in [7, 11) is 0. The number of halogens is 1. The second-order valence-electron chi connectivity index (χ2n) is 7.69. The molecular weight excluding hydrogens is 441 g/mol. The van der Waals surface area contributed by atoms with Gasteiger partial charge in [-0.2, -0.15) is 5.10 Å². The van der Waals surface area contributed by atoms with Gasteiger partial charge < -0.3 is 5.32 Å². The second kappa shape index (κ2) is 8.21. The lowest BCUT2D eigenvalue weighted by molar-refractivity contribution is 0.0945. The van der Waals surface area contributed by atoms with E-state index in [1.165, 1.54) is 23.5 Å². The Balaban J connectivity index is 1.28. The van der Waals surface area contributed by atoms with Gasteiger partial charge in [0, 0.05) is 28.0 Å². The molecule has 10 heteroatoms. The molecule has 0 aliphatic rings. The van der Waals surface area contributed by atoms with Crippen molar-refractivity contribution in [2.75, 3.05) is 0 Å². The number of carbonyl (C=O) groups excluding carboxylic acids is 1. The Morgan fingerprint density at radius 1 is 1.09 bits per heavy atom. The predicted octanol–water partition coefficient (Wildman–Crippen LogP) is 4.03. The fraction of sp³-hybridized carbons (Fsp3) is 0.174. The molecular formula is C23H20FN7OS. The van der Waals surface area contributed by atoms with Gasteiger partial charge in [0.2, 0.25) is 0 Å². The number of aryl methyl sites for hydroxylation is 3. The van der Waals surface area contributed by atoms with Crippen molar-refractivity contribution >= 4 is 22.2 Å². The van der Waals surface area contributed by atoms with Gasteiger partial charge in [-0.25, -0.2) is 14.1 Å². The number of fused-ring (bicyclic) bond motifs is 1. The van der Waals surface area contributed by atoms with E-state index in [0.29, 0.717) is 12.4 Å². The minimum Gasteiger partial charge on any atom is -0.346 e. The van der Waals surface area contributed by atoms with E-state index >= 15 is 0 Å². The lowest BCUT2D eigenvalue weighted by Crippen LogP contribution is -2.24. The fourth-order valence-electron chi connectivity index (χ4n) is 3.59. The summed E-state index contributed by atoms with van der Waals surface area (Å²) in [5.74, 6) is -0.0239. The van der Waals surface area contributed by atoms with Gasteiger partial charge in [0.25, 0.3) is 5.91 Å². The van der Waals surface area contributed by atoms with Crippen LogP contribution in [0.1, 0.15) is 32.4 Å². The first kappa shape index (κ1) is 21.0. The summed E-state index contributed by atoms with van der Waals surface area (Å²) in [6, 6.07) is 11.6. The van der Waals surface area contributed by atoms with Crippen LogP contribution in [0.5, 0.6) is 0 Å². The molecule has 0 aliphatic heterocycles. The number of hydrogen-bond donors (Lipinski definition) is 1. The SMILES string of the molecule is Cc1cc(C)n(-c2ccc(C(=O)NCc3sc4nc(-c5ccc(F)cc5)cn4c3C)nn2)n1. The van der Waals surface area contributed by atoms with E-state index in [2.05, 4.69) is 25.6 Å². The highest BCUT2D eigenvalue weighted by Crippen LogP contribution is 2.27. The Morgan fingerprint density at radius 2 is 1.88 bits per heavy atom. The lowest BCUT2D eigenvalue weighted by atomic mass is 10.2. The van der Waals surface area contributed by atoms with Crippen LogP contribution in [0, 0.1) is 26.6 Å². The predicted molar refractivity (Wildman–Crippen MR) is 123 cm³/mol. The Hall–Kier alpha value is -3.92. The van der Waals surface area contributed by atoms with E-state index in [-0.39, 0.29) is 17.4 Å². The molecule has 4 heterocycles. The summed E-state index contributed by atoms with van der Waals surface area (Å²) < 4.78 is 16.9. The van der Waals surface area contributed by atoms with Crippen LogP contribution < -0.4 is 5.32 Å². The van der Waals surface area contributed by atoms with E-state index in [4.69, 9.17) is 0 Å². The maximum atomic E-state index is 13.2. The molecule has 5 aromatic rings. The van der Waals surface area contributed by atoms with Crippen molar-refractivity contribution in [2.45, 2.75) is 27.3 Å². The maximum absolute atomic E-state index is 13.2. The largest absolute Gasteiger partial charge is 0.346 e. The molecule has 0 saturated heterocycles. The molecule has 0 spiro atoms. The first-order valence-corrected chi connectivity index (χ1v) is 11.1. The summed E-state index contributed by atoms with van der Waals surface area (Å²) in [5, 5.41) is 15.5. The number of benzene rings is 1. The van der Waals surface area contributed by atoms with Gasteiger partial charge in [-0.3, -0.25) is 9.20 Å². The summed E-state index contributed by atoms with van der Waals surface area (Å²) in [4.78, 5) is 19.0. The zero-order chi connectivity index (χ0) is 23.1. The minimum absolute atomic E-state index is 0.234. The highest BCUT2D eigenvalue weighted by atomic mass is 32.1. The zero-order valence-corrected chi connectivity index (χ0v) is 19.0. The van der Waals surface area contributed by atoms with Gasteiger partial charge in [-0.15, -0.1) is 10.2 Å². The van der Waals surface area contributed by atoms with E-state index < -0.39 is 0 Å². The third kappa shape index (κ3) is 4.00. The monoisotopic (exact) mass is 461 g/mol. The van der Waals surface area contributed by atoms with Gasteiger partial charge >= 0.3 is 0 Å². The number of amides is 1. The van der Waals surface area contributed by atoms with Crippen LogP contribution in [-0.2, 0) is 6.54 Å².